The van der Waals surface area contributed by atoms with Crippen LogP contribution in [0, 0.1) is 11.8 Å². The molecule has 1 aromatic heterocycles. The molecule has 0 aliphatic heterocycles. The summed E-state index contributed by atoms with van der Waals surface area (Å²) >= 11 is 0. The van der Waals surface area contributed by atoms with E-state index in [1.165, 1.54) is 11.1 Å². The molecule has 120 valence electrons. The predicted molar refractivity (Wildman–Crippen MR) is 96.9 cm³/mol. The molecule has 3 rings (SSSR count). The van der Waals surface area contributed by atoms with Crippen molar-refractivity contribution in [3.8, 4) is 0 Å². The highest BCUT2D eigenvalue weighted by atomic mass is 16.3. The van der Waals surface area contributed by atoms with E-state index in [2.05, 4.69) is 47.4 Å². The van der Waals surface area contributed by atoms with Gasteiger partial charge in [-0.3, -0.25) is 4.98 Å². The highest BCUT2D eigenvalue weighted by molar-refractivity contribution is 5.37. The Hall–Kier alpha value is -2.81. The second-order valence-electron chi connectivity index (χ2n) is 5.98. The van der Waals surface area contributed by atoms with E-state index < -0.39 is 6.04 Å². The largest absolute Gasteiger partial charge is 0.264 e. The van der Waals surface area contributed by atoms with Crippen LogP contribution >= 0.6 is 0 Å². The van der Waals surface area contributed by atoms with E-state index in [0.29, 0.717) is 0 Å². The molecule has 1 atom stereocenters. The third kappa shape index (κ3) is 3.74. The Labute approximate surface area is 142 Å². The maximum atomic E-state index is 11.5. The van der Waals surface area contributed by atoms with Gasteiger partial charge in [0.25, 0.3) is 0 Å². The highest BCUT2D eigenvalue weighted by Crippen LogP contribution is 2.28. The summed E-state index contributed by atoms with van der Waals surface area (Å²) in [5.41, 5.74) is 5.53. The number of pyridine rings is 1. The molecule has 24 heavy (non-hydrogen) atoms. The Balaban J connectivity index is 1.86. The normalized spacial score (nSPS) is 11.9. The lowest BCUT2D eigenvalue weighted by atomic mass is 9.92. The van der Waals surface area contributed by atoms with Gasteiger partial charge in [0.05, 0.1) is 0 Å². The second-order valence-corrected chi connectivity index (χ2v) is 5.98. The minimum atomic E-state index is -0.507. The van der Waals surface area contributed by atoms with Gasteiger partial charge < -0.3 is 0 Å². The first-order valence-electron chi connectivity index (χ1n) is 8.13. The van der Waals surface area contributed by atoms with Crippen LogP contribution in [0.5, 0.6) is 0 Å². The molecule has 3 heteroatoms. The second kappa shape index (κ2) is 7.64. The topological polar surface area (TPSA) is 42.3 Å². The maximum absolute atomic E-state index is 11.5. The number of nitroso groups, excluding NO2 is 1. The molecule has 0 aliphatic rings. The Morgan fingerprint density at radius 1 is 1.00 bits per heavy atom. The number of hydrogen-bond donors (Lipinski definition) is 0. The zero-order valence-corrected chi connectivity index (χ0v) is 13.7. The van der Waals surface area contributed by atoms with Crippen LogP contribution in [0.25, 0.3) is 0 Å². The molecular weight excluding hydrogens is 296 g/mol. The van der Waals surface area contributed by atoms with Gasteiger partial charge in [-0.15, -0.1) is 4.91 Å². The van der Waals surface area contributed by atoms with Gasteiger partial charge in [0.2, 0.25) is 0 Å². The van der Waals surface area contributed by atoms with Gasteiger partial charge in [0.15, 0.2) is 0 Å². The first-order chi connectivity index (χ1) is 11.8. The van der Waals surface area contributed by atoms with Crippen LogP contribution in [0.1, 0.15) is 33.9 Å². The molecule has 0 bridgehead atoms. The number of hydrogen-bond acceptors (Lipinski definition) is 3. The Morgan fingerprint density at radius 3 is 2.62 bits per heavy atom. The van der Waals surface area contributed by atoms with E-state index in [1.54, 1.807) is 12.4 Å². The van der Waals surface area contributed by atoms with Gasteiger partial charge in [-0.05, 0) is 42.5 Å². The van der Waals surface area contributed by atoms with Crippen LogP contribution in [0.3, 0.4) is 0 Å². The monoisotopic (exact) mass is 316 g/mol. The summed E-state index contributed by atoms with van der Waals surface area (Å²) in [4.78, 5) is 15.6. The minimum absolute atomic E-state index is 0.507. The van der Waals surface area contributed by atoms with Crippen molar-refractivity contribution >= 4 is 0 Å². The van der Waals surface area contributed by atoms with Gasteiger partial charge >= 0.3 is 0 Å². The van der Waals surface area contributed by atoms with Crippen molar-refractivity contribution in [2.45, 2.75) is 25.8 Å². The summed E-state index contributed by atoms with van der Waals surface area (Å²) < 4.78 is 0. The van der Waals surface area contributed by atoms with Gasteiger partial charge in [-0.2, -0.15) is 0 Å². The fourth-order valence-corrected chi connectivity index (χ4v) is 3.01. The van der Waals surface area contributed by atoms with Crippen molar-refractivity contribution in [1.29, 1.82) is 0 Å². The molecule has 2 aromatic carbocycles. The fraction of sp³-hybridized carbons (Fsp3) is 0.190. The minimum Gasteiger partial charge on any atom is -0.264 e. The molecule has 1 heterocycles. The van der Waals surface area contributed by atoms with Crippen LogP contribution < -0.4 is 0 Å². The van der Waals surface area contributed by atoms with Gasteiger partial charge in [-0.25, -0.2) is 0 Å². The number of aromatic nitrogens is 1. The molecule has 0 saturated heterocycles. The number of benzene rings is 2. The molecule has 0 saturated carbocycles. The van der Waals surface area contributed by atoms with Crippen molar-refractivity contribution in [2.75, 3.05) is 0 Å². The number of nitrogens with zero attached hydrogens (tertiary/aromatic N) is 2. The van der Waals surface area contributed by atoms with Crippen molar-refractivity contribution in [3.63, 3.8) is 0 Å². The van der Waals surface area contributed by atoms with E-state index in [0.717, 1.165) is 29.5 Å². The molecule has 0 amide bonds. The van der Waals surface area contributed by atoms with E-state index in [4.69, 9.17) is 0 Å². The molecular formula is C21H20N2O. The SMILES string of the molecule is Cc1cccc(CCc2ccccc2C(N=O)c2cccnc2)c1. The molecule has 3 nitrogen and oxygen atoms in total. The summed E-state index contributed by atoms with van der Waals surface area (Å²) in [5, 5.41) is 3.37. The lowest BCUT2D eigenvalue weighted by molar-refractivity contribution is 0.823. The number of aryl methyl sites for hydroxylation is 3. The van der Waals surface area contributed by atoms with Gasteiger partial charge in [0, 0.05) is 18.0 Å². The first kappa shape index (κ1) is 16.1. The van der Waals surface area contributed by atoms with Gasteiger partial charge in [-0.1, -0.05) is 65.3 Å². The average molecular weight is 316 g/mol. The quantitative estimate of drug-likeness (QED) is 0.598. The van der Waals surface area contributed by atoms with Crippen LogP contribution in [0.2, 0.25) is 0 Å². The third-order valence-corrected chi connectivity index (χ3v) is 4.22. The fourth-order valence-electron chi connectivity index (χ4n) is 3.01. The van der Waals surface area contributed by atoms with Crippen molar-refractivity contribution in [2.24, 2.45) is 5.18 Å². The van der Waals surface area contributed by atoms with Crippen LogP contribution in [0.15, 0.2) is 78.2 Å². The molecule has 3 aromatic rings. The number of rotatable bonds is 6. The van der Waals surface area contributed by atoms with E-state index in [9.17, 15) is 4.91 Å². The third-order valence-electron chi connectivity index (χ3n) is 4.22. The van der Waals surface area contributed by atoms with Crippen molar-refractivity contribution in [3.05, 3.63) is 106 Å². The predicted octanol–water partition coefficient (Wildman–Crippen LogP) is 5.03. The summed E-state index contributed by atoms with van der Waals surface area (Å²) in [6, 6.07) is 19.8. The standard InChI is InChI=1S/C21H20N2O/c1-16-6-4-7-17(14-16)11-12-18-8-2-3-10-20(18)21(23-24)19-9-5-13-22-15-19/h2-10,13-15,21H,11-12H2,1H3. The molecule has 0 aliphatic carbocycles. The van der Waals surface area contributed by atoms with Crippen molar-refractivity contribution < 1.29 is 0 Å². The lowest BCUT2D eigenvalue weighted by Crippen LogP contribution is -2.04. The molecule has 0 radical (unpaired) electrons. The smallest absolute Gasteiger partial charge is 0.144 e. The van der Waals surface area contributed by atoms with E-state index in [-0.39, 0.29) is 0 Å². The Kier molecular flexibility index (Phi) is 5.12. The zero-order valence-electron chi connectivity index (χ0n) is 13.7. The summed E-state index contributed by atoms with van der Waals surface area (Å²) in [6.07, 6.45) is 5.24. The first-order valence-corrected chi connectivity index (χ1v) is 8.13. The van der Waals surface area contributed by atoms with Gasteiger partial charge in [0.1, 0.15) is 6.04 Å². The zero-order chi connectivity index (χ0) is 16.8. The molecule has 0 spiro atoms. The summed E-state index contributed by atoms with van der Waals surface area (Å²) in [5.74, 6) is 0. The van der Waals surface area contributed by atoms with Crippen LogP contribution in [-0.4, -0.2) is 4.98 Å². The maximum Gasteiger partial charge on any atom is 0.144 e. The Bertz CT molecular complexity index is 815. The average Bonchev–Trinajstić information content (AvgIpc) is 2.62. The van der Waals surface area contributed by atoms with E-state index >= 15 is 0 Å². The van der Waals surface area contributed by atoms with Crippen LogP contribution in [-0.2, 0) is 12.8 Å². The molecule has 0 N–H and O–H groups in total. The van der Waals surface area contributed by atoms with Crippen LogP contribution in [0.4, 0.5) is 0 Å². The molecule has 1 unspecified atom stereocenters. The highest BCUT2D eigenvalue weighted by Gasteiger charge is 2.18. The van der Waals surface area contributed by atoms with E-state index in [1.807, 2.05) is 30.3 Å². The Morgan fingerprint density at radius 2 is 1.88 bits per heavy atom. The summed E-state index contributed by atoms with van der Waals surface area (Å²) in [7, 11) is 0. The van der Waals surface area contributed by atoms with Crippen molar-refractivity contribution in [1.82, 2.24) is 4.98 Å². The molecule has 0 fully saturated rings. The summed E-state index contributed by atoms with van der Waals surface area (Å²) in [6.45, 7) is 2.10. The lowest BCUT2D eigenvalue weighted by Gasteiger charge is -2.14.